The lowest BCUT2D eigenvalue weighted by Gasteiger charge is -2.40. The van der Waals surface area contributed by atoms with Crippen LogP contribution in [0.2, 0.25) is 0 Å². The van der Waals surface area contributed by atoms with Gasteiger partial charge in [-0.25, -0.2) is 4.39 Å². The number of nitrogens with zero attached hydrogens (tertiary/aromatic N) is 2. The van der Waals surface area contributed by atoms with E-state index in [0.717, 1.165) is 13.1 Å². The lowest BCUT2D eigenvalue weighted by Crippen LogP contribution is -2.48. The Bertz CT molecular complexity index is 589. The highest BCUT2D eigenvalue weighted by atomic mass is 19.1. The van der Waals surface area contributed by atoms with Gasteiger partial charge in [-0.3, -0.25) is 9.59 Å². The molecule has 0 aromatic heterocycles. The van der Waals surface area contributed by atoms with Gasteiger partial charge in [0.05, 0.1) is 12.0 Å². The summed E-state index contributed by atoms with van der Waals surface area (Å²) < 4.78 is 13.6. The lowest BCUT2D eigenvalue weighted by atomic mass is 9.84. The summed E-state index contributed by atoms with van der Waals surface area (Å²) in [5, 5.41) is 9.57. The van der Waals surface area contributed by atoms with Gasteiger partial charge in [-0.2, -0.15) is 0 Å². The number of carbonyl (C=O) groups excluding carboxylic acids is 1. The number of carboxylic acids is 1. The van der Waals surface area contributed by atoms with Gasteiger partial charge in [-0.05, 0) is 37.2 Å². The SMILES string of the molecule is CCN(CC)CCN1C(=O)CCC(C(=O)O)C1c1cccc(F)c1. The number of piperidine rings is 1. The van der Waals surface area contributed by atoms with Gasteiger partial charge in [0.25, 0.3) is 0 Å². The smallest absolute Gasteiger partial charge is 0.308 e. The molecule has 2 atom stereocenters. The lowest BCUT2D eigenvalue weighted by molar-refractivity contribution is -0.152. The van der Waals surface area contributed by atoms with Crippen molar-refractivity contribution < 1.29 is 19.1 Å². The molecule has 2 rings (SSSR count). The molecule has 1 aliphatic rings. The molecule has 5 nitrogen and oxygen atoms in total. The molecule has 1 aromatic rings. The second kappa shape index (κ2) is 8.24. The molecule has 0 bridgehead atoms. The van der Waals surface area contributed by atoms with E-state index in [1.165, 1.54) is 12.1 Å². The monoisotopic (exact) mass is 336 g/mol. The van der Waals surface area contributed by atoms with Crippen LogP contribution in [0.5, 0.6) is 0 Å². The number of carbonyl (C=O) groups is 2. The van der Waals surface area contributed by atoms with E-state index in [-0.39, 0.29) is 18.7 Å². The first kappa shape index (κ1) is 18.4. The molecule has 0 radical (unpaired) electrons. The summed E-state index contributed by atoms with van der Waals surface area (Å²) in [6.45, 7) is 6.96. The minimum absolute atomic E-state index is 0.0612. The summed E-state index contributed by atoms with van der Waals surface area (Å²) in [6.07, 6.45) is 0.512. The minimum Gasteiger partial charge on any atom is -0.481 e. The van der Waals surface area contributed by atoms with E-state index >= 15 is 0 Å². The molecule has 0 spiro atoms. The van der Waals surface area contributed by atoms with Crippen molar-refractivity contribution in [2.24, 2.45) is 5.92 Å². The van der Waals surface area contributed by atoms with Crippen LogP contribution in [-0.4, -0.2) is 53.0 Å². The molecule has 2 unspecified atom stereocenters. The predicted molar refractivity (Wildman–Crippen MR) is 89.0 cm³/mol. The standard InChI is InChI=1S/C18H25FN2O3/c1-3-20(4-2)10-11-21-16(22)9-8-15(18(23)24)17(21)13-6-5-7-14(19)12-13/h5-7,12,15,17H,3-4,8-11H2,1-2H3,(H,23,24). The molecule has 0 saturated carbocycles. The summed E-state index contributed by atoms with van der Waals surface area (Å²) >= 11 is 0. The predicted octanol–water partition coefficient (Wildman–Crippen LogP) is 2.53. The van der Waals surface area contributed by atoms with Gasteiger partial charge in [0, 0.05) is 19.5 Å². The molecule has 1 N–H and O–H groups in total. The van der Waals surface area contributed by atoms with Crippen molar-refractivity contribution in [3.8, 4) is 0 Å². The first-order valence-corrected chi connectivity index (χ1v) is 8.48. The minimum atomic E-state index is -0.940. The van der Waals surface area contributed by atoms with E-state index < -0.39 is 23.7 Å². The molecule has 1 heterocycles. The van der Waals surface area contributed by atoms with Crippen LogP contribution in [0, 0.1) is 11.7 Å². The number of benzene rings is 1. The highest BCUT2D eigenvalue weighted by molar-refractivity contribution is 5.81. The Hall–Kier alpha value is -1.95. The van der Waals surface area contributed by atoms with Crippen LogP contribution in [-0.2, 0) is 9.59 Å². The summed E-state index contributed by atoms with van der Waals surface area (Å²) in [7, 11) is 0. The van der Waals surface area contributed by atoms with E-state index in [1.54, 1.807) is 17.0 Å². The second-order valence-electron chi connectivity index (χ2n) is 6.10. The molecule has 1 saturated heterocycles. The van der Waals surface area contributed by atoms with E-state index in [1.807, 2.05) is 13.8 Å². The fourth-order valence-electron chi connectivity index (χ4n) is 3.37. The molecule has 1 aliphatic heterocycles. The zero-order valence-corrected chi connectivity index (χ0v) is 14.2. The molecule has 6 heteroatoms. The number of hydrogen-bond donors (Lipinski definition) is 1. The molecular formula is C18H25FN2O3. The fourth-order valence-corrected chi connectivity index (χ4v) is 3.37. The zero-order valence-electron chi connectivity index (χ0n) is 14.2. The van der Waals surface area contributed by atoms with Gasteiger partial charge >= 0.3 is 5.97 Å². The molecule has 1 fully saturated rings. The van der Waals surface area contributed by atoms with Crippen LogP contribution in [0.3, 0.4) is 0 Å². The van der Waals surface area contributed by atoms with Crippen molar-refractivity contribution in [3.05, 3.63) is 35.6 Å². The van der Waals surface area contributed by atoms with Crippen LogP contribution < -0.4 is 0 Å². The third kappa shape index (κ3) is 4.12. The van der Waals surface area contributed by atoms with E-state index in [4.69, 9.17) is 0 Å². The Morgan fingerprint density at radius 1 is 1.38 bits per heavy atom. The number of likely N-dealkylation sites (tertiary alicyclic amines) is 1. The molecule has 1 amide bonds. The van der Waals surface area contributed by atoms with Crippen LogP contribution in [0.25, 0.3) is 0 Å². The second-order valence-corrected chi connectivity index (χ2v) is 6.10. The molecular weight excluding hydrogens is 311 g/mol. The van der Waals surface area contributed by atoms with Crippen molar-refractivity contribution in [1.82, 2.24) is 9.80 Å². The van der Waals surface area contributed by atoms with Crippen molar-refractivity contribution in [2.75, 3.05) is 26.2 Å². The molecule has 1 aromatic carbocycles. The first-order chi connectivity index (χ1) is 11.5. The third-order valence-corrected chi connectivity index (χ3v) is 4.77. The number of hydrogen-bond acceptors (Lipinski definition) is 3. The van der Waals surface area contributed by atoms with Crippen LogP contribution in [0.4, 0.5) is 4.39 Å². The Morgan fingerprint density at radius 2 is 2.08 bits per heavy atom. The highest BCUT2D eigenvalue weighted by Crippen LogP contribution is 2.37. The van der Waals surface area contributed by atoms with Crippen molar-refractivity contribution in [2.45, 2.75) is 32.7 Å². The molecule has 132 valence electrons. The van der Waals surface area contributed by atoms with Crippen molar-refractivity contribution in [3.63, 3.8) is 0 Å². The van der Waals surface area contributed by atoms with E-state index in [0.29, 0.717) is 18.7 Å². The first-order valence-electron chi connectivity index (χ1n) is 8.48. The maximum absolute atomic E-state index is 13.6. The number of rotatable bonds is 7. The number of aliphatic carboxylic acids is 1. The fraction of sp³-hybridized carbons (Fsp3) is 0.556. The third-order valence-electron chi connectivity index (χ3n) is 4.77. The Labute approximate surface area is 142 Å². The number of halogens is 1. The molecule has 24 heavy (non-hydrogen) atoms. The Morgan fingerprint density at radius 3 is 2.67 bits per heavy atom. The van der Waals surface area contributed by atoms with Gasteiger partial charge in [0.15, 0.2) is 0 Å². The quantitative estimate of drug-likeness (QED) is 0.831. The maximum atomic E-state index is 13.6. The number of likely N-dealkylation sites (N-methyl/N-ethyl adjacent to an activating group) is 1. The average Bonchev–Trinajstić information content (AvgIpc) is 2.56. The average molecular weight is 336 g/mol. The summed E-state index contributed by atoms with van der Waals surface area (Å²) in [5.74, 6) is -2.13. The van der Waals surface area contributed by atoms with Crippen molar-refractivity contribution in [1.29, 1.82) is 0 Å². The van der Waals surface area contributed by atoms with Gasteiger partial charge in [-0.1, -0.05) is 26.0 Å². The number of carboxylic acid groups (broad SMARTS) is 1. The Balaban J connectivity index is 2.31. The highest BCUT2D eigenvalue weighted by Gasteiger charge is 2.40. The summed E-state index contributed by atoms with van der Waals surface area (Å²) in [5.41, 5.74) is 0.551. The normalized spacial score (nSPS) is 21.3. The maximum Gasteiger partial charge on any atom is 0.308 e. The van der Waals surface area contributed by atoms with E-state index in [9.17, 15) is 19.1 Å². The van der Waals surface area contributed by atoms with Gasteiger partial charge in [-0.15, -0.1) is 0 Å². The largest absolute Gasteiger partial charge is 0.481 e. The van der Waals surface area contributed by atoms with Gasteiger partial charge in [0.1, 0.15) is 5.82 Å². The van der Waals surface area contributed by atoms with Gasteiger partial charge in [0.2, 0.25) is 5.91 Å². The van der Waals surface area contributed by atoms with Gasteiger partial charge < -0.3 is 14.9 Å². The van der Waals surface area contributed by atoms with E-state index in [2.05, 4.69) is 4.90 Å². The summed E-state index contributed by atoms with van der Waals surface area (Å²) in [4.78, 5) is 27.9. The van der Waals surface area contributed by atoms with Crippen LogP contribution in [0.15, 0.2) is 24.3 Å². The topological polar surface area (TPSA) is 60.9 Å². The van der Waals surface area contributed by atoms with Crippen LogP contribution >= 0.6 is 0 Å². The summed E-state index contributed by atoms with van der Waals surface area (Å²) in [6, 6.07) is 5.31. The van der Waals surface area contributed by atoms with Crippen LogP contribution in [0.1, 0.15) is 38.3 Å². The Kier molecular flexibility index (Phi) is 6.31. The molecule has 0 aliphatic carbocycles. The number of amides is 1. The zero-order chi connectivity index (χ0) is 17.7. The van der Waals surface area contributed by atoms with Crippen molar-refractivity contribution >= 4 is 11.9 Å².